The van der Waals surface area contributed by atoms with Crippen LogP contribution in [-0.2, 0) is 0 Å². The predicted molar refractivity (Wildman–Crippen MR) is 69.5 cm³/mol. The van der Waals surface area contributed by atoms with Crippen LogP contribution in [0.15, 0.2) is 11.6 Å². The Morgan fingerprint density at radius 1 is 1.38 bits per heavy atom. The van der Waals surface area contributed by atoms with Gasteiger partial charge >= 0.3 is 0 Å². The summed E-state index contributed by atoms with van der Waals surface area (Å²) in [5.74, 6) is 0.769. The van der Waals surface area contributed by atoms with Crippen molar-refractivity contribution in [2.75, 3.05) is 19.6 Å². The lowest BCUT2D eigenvalue weighted by Gasteiger charge is -2.31. The normalized spacial score (nSPS) is 20.8. The van der Waals surface area contributed by atoms with E-state index >= 15 is 0 Å². The van der Waals surface area contributed by atoms with Crippen LogP contribution in [0.5, 0.6) is 0 Å². The van der Waals surface area contributed by atoms with Gasteiger partial charge < -0.3 is 10.0 Å². The molecule has 2 nitrogen and oxygen atoms in total. The van der Waals surface area contributed by atoms with Gasteiger partial charge in [-0.2, -0.15) is 0 Å². The van der Waals surface area contributed by atoms with E-state index < -0.39 is 0 Å². The minimum atomic E-state index is -0.0442. The number of aliphatic hydroxyl groups is 1. The molecular weight excluding hydrogens is 198 g/mol. The van der Waals surface area contributed by atoms with Crippen molar-refractivity contribution in [3.05, 3.63) is 11.6 Å². The van der Waals surface area contributed by atoms with Crippen molar-refractivity contribution in [1.29, 1.82) is 0 Å². The van der Waals surface area contributed by atoms with E-state index in [4.69, 9.17) is 0 Å². The third-order valence-electron chi connectivity index (χ3n) is 3.34. The Kier molecular flexibility index (Phi) is 6.07. The molecule has 0 aromatic carbocycles. The van der Waals surface area contributed by atoms with E-state index in [1.165, 1.54) is 25.0 Å². The first-order valence-electron chi connectivity index (χ1n) is 6.61. The van der Waals surface area contributed by atoms with Crippen molar-refractivity contribution < 1.29 is 5.11 Å². The van der Waals surface area contributed by atoms with Crippen LogP contribution in [0.25, 0.3) is 0 Å². The molecule has 1 saturated heterocycles. The van der Waals surface area contributed by atoms with Gasteiger partial charge in [-0.3, -0.25) is 0 Å². The second-order valence-electron chi connectivity index (χ2n) is 5.50. The molecule has 0 radical (unpaired) electrons. The number of allylic oxidation sites excluding steroid dienone is 2. The zero-order chi connectivity index (χ0) is 12.0. The number of aliphatic hydroxyl groups excluding tert-OH is 1. The van der Waals surface area contributed by atoms with Crippen LogP contribution in [0.2, 0.25) is 0 Å². The largest absolute Gasteiger partial charge is 0.393 e. The predicted octanol–water partition coefficient (Wildman–Crippen LogP) is 2.83. The summed E-state index contributed by atoms with van der Waals surface area (Å²) in [6.07, 6.45) is 6.69. The summed E-state index contributed by atoms with van der Waals surface area (Å²) in [6.45, 7) is 10.0. The number of hydrogen-bond acceptors (Lipinski definition) is 2. The smallest absolute Gasteiger partial charge is 0.0564 e. The first kappa shape index (κ1) is 13.7. The van der Waals surface area contributed by atoms with Crippen molar-refractivity contribution in [2.24, 2.45) is 5.92 Å². The highest BCUT2D eigenvalue weighted by atomic mass is 16.3. The number of piperidine rings is 1. The van der Waals surface area contributed by atoms with Crippen molar-refractivity contribution in [3.63, 3.8) is 0 Å². The summed E-state index contributed by atoms with van der Waals surface area (Å²) >= 11 is 0. The highest BCUT2D eigenvalue weighted by Gasteiger charge is 2.17. The van der Waals surface area contributed by atoms with E-state index in [2.05, 4.69) is 31.7 Å². The molecule has 0 aromatic rings. The minimum Gasteiger partial charge on any atom is -0.393 e. The SMILES string of the molecule is CC(C)=CCC[C@H](C)CN1CCC(O)CC1. The topological polar surface area (TPSA) is 23.5 Å². The first-order chi connectivity index (χ1) is 7.58. The van der Waals surface area contributed by atoms with Crippen LogP contribution in [0.1, 0.15) is 46.5 Å². The second-order valence-corrected chi connectivity index (χ2v) is 5.50. The molecule has 1 aliphatic rings. The number of nitrogens with zero attached hydrogens (tertiary/aromatic N) is 1. The van der Waals surface area contributed by atoms with Gasteiger partial charge in [-0.15, -0.1) is 0 Å². The number of hydrogen-bond donors (Lipinski definition) is 1. The fourth-order valence-electron chi connectivity index (χ4n) is 2.29. The third-order valence-corrected chi connectivity index (χ3v) is 3.34. The van der Waals surface area contributed by atoms with Gasteiger partial charge in [-0.1, -0.05) is 18.6 Å². The van der Waals surface area contributed by atoms with E-state index in [1.807, 2.05) is 0 Å². The molecule has 1 fully saturated rings. The maximum atomic E-state index is 9.43. The average Bonchev–Trinajstić information content (AvgIpc) is 2.21. The minimum absolute atomic E-state index is 0.0442. The Morgan fingerprint density at radius 3 is 2.56 bits per heavy atom. The van der Waals surface area contributed by atoms with Gasteiger partial charge in [-0.05, 0) is 45.4 Å². The van der Waals surface area contributed by atoms with Gasteiger partial charge in [0.25, 0.3) is 0 Å². The summed E-state index contributed by atoms with van der Waals surface area (Å²) in [5, 5.41) is 9.43. The fraction of sp³-hybridized carbons (Fsp3) is 0.857. The molecule has 0 bridgehead atoms. The molecule has 1 atom stereocenters. The van der Waals surface area contributed by atoms with Crippen LogP contribution in [0, 0.1) is 5.92 Å². The van der Waals surface area contributed by atoms with Crippen LogP contribution in [0.4, 0.5) is 0 Å². The summed E-state index contributed by atoms with van der Waals surface area (Å²) in [6, 6.07) is 0. The summed E-state index contributed by atoms with van der Waals surface area (Å²) in [7, 11) is 0. The third kappa shape index (κ3) is 5.66. The fourth-order valence-corrected chi connectivity index (χ4v) is 2.29. The van der Waals surface area contributed by atoms with Gasteiger partial charge in [0.2, 0.25) is 0 Å². The molecule has 1 N–H and O–H groups in total. The van der Waals surface area contributed by atoms with Crippen molar-refractivity contribution in [3.8, 4) is 0 Å². The lowest BCUT2D eigenvalue weighted by molar-refractivity contribution is 0.0754. The van der Waals surface area contributed by atoms with E-state index in [0.29, 0.717) is 0 Å². The summed E-state index contributed by atoms with van der Waals surface area (Å²) in [4.78, 5) is 2.50. The summed E-state index contributed by atoms with van der Waals surface area (Å²) in [5.41, 5.74) is 1.42. The van der Waals surface area contributed by atoms with Gasteiger partial charge in [0.05, 0.1) is 6.10 Å². The molecular formula is C14H27NO. The molecule has 0 saturated carbocycles. The highest BCUT2D eigenvalue weighted by molar-refractivity contribution is 4.92. The lowest BCUT2D eigenvalue weighted by Crippen LogP contribution is -2.38. The first-order valence-corrected chi connectivity index (χ1v) is 6.61. The zero-order valence-electron chi connectivity index (χ0n) is 11.1. The van der Waals surface area contributed by atoms with Crippen LogP contribution >= 0.6 is 0 Å². The molecule has 1 rings (SSSR count). The maximum absolute atomic E-state index is 9.43. The van der Waals surface area contributed by atoms with E-state index in [1.54, 1.807) is 0 Å². The highest BCUT2D eigenvalue weighted by Crippen LogP contribution is 2.14. The van der Waals surface area contributed by atoms with Gasteiger partial charge in [0.1, 0.15) is 0 Å². The molecule has 0 aliphatic carbocycles. The van der Waals surface area contributed by atoms with E-state index in [0.717, 1.165) is 31.8 Å². The van der Waals surface area contributed by atoms with E-state index in [9.17, 15) is 5.11 Å². The van der Waals surface area contributed by atoms with Crippen molar-refractivity contribution >= 4 is 0 Å². The second kappa shape index (κ2) is 7.08. The van der Waals surface area contributed by atoms with Crippen molar-refractivity contribution in [2.45, 2.75) is 52.6 Å². The number of rotatable bonds is 5. The molecule has 0 aromatic heterocycles. The Balaban J connectivity index is 2.14. The number of likely N-dealkylation sites (tertiary alicyclic amines) is 1. The molecule has 1 heterocycles. The average molecular weight is 225 g/mol. The van der Waals surface area contributed by atoms with Gasteiger partial charge in [0.15, 0.2) is 0 Å². The van der Waals surface area contributed by atoms with Crippen LogP contribution < -0.4 is 0 Å². The Hall–Kier alpha value is -0.340. The maximum Gasteiger partial charge on any atom is 0.0564 e. The molecule has 0 spiro atoms. The molecule has 94 valence electrons. The Labute approximate surface area is 100 Å². The van der Waals surface area contributed by atoms with Crippen molar-refractivity contribution in [1.82, 2.24) is 4.90 Å². The lowest BCUT2D eigenvalue weighted by atomic mass is 10.0. The molecule has 1 aliphatic heterocycles. The van der Waals surface area contributed by atoms with Gasteiger partial charge in [-0.25, -0.2) is 0 Å². The zero-order valence-corrected chi connectivity index (χ0v) is 11.1. The molecule has 0 amide bonds. The Morgan fingerprint density at radius 2 is 2.00 bits per heavy atom. The molecule has 0 unspecified atom stereocenters. The monoisotopic (exact) mass is 225 g/mol. The quantitative estimate of drug-likeness (QED) is 0.727. The standard InChI is InChI=1S/C14H27NO/c1-12(2)5-4-6-13(3)11-15-9-7-14(16)8-10-15/h5,13-14,16H,4,6-11H2,1-3H3/t13-/m0/s1. The van der Waals surface area contributed by atoms with E-state index in [-0.39, 0.29) is 6.10 Å². The van der Waals surface area contributed by atoms with Crippen LogP contribution in [0.3, 0.4) is 0 Å². The van der Waals surface area contributed by atoms with Gasteiger partial charge in [0, 0.05) is 19.6 Å². The van der Waals surface area contributed by atoms with Crippen LogP contribution in [-0.4, -0.2) is 35.7 Å². The Bertz CT molecular complexity index is 213. The molecule has 2 heteroatoms. The molecule has 16 heavy (non-hydrogen) atoms. The summed E-state index contributed by atoms with van der Waals surface area (Å²) < 4.78 is 0.